The van der Waals surface area contributed by atoms with Crippen LogP contribution in [0.15, 0.2) is 106 Å². The maximum absolute atomic E-state index is 12.9. The molecule has 3 aliphatic rings. The van der Waals surface area contributed by atoms with Gasteiger partial charge in [0.1, 0.15) is 17.2 Å². The summed E-state index contributed by atoms with van der Waals surface area (Å²) >= 11 is 0. The van der Waals surface area contributed by atoms with E-state index in [1.165, 1.54) is 12.2 Å². The highest BCUT2D eigenvalue weighted by molar-refractivity contribution is 8.77. The summed E-state index contributed by atoms with van der Waals surface area (Å²) in [4.78, 5) is 25.9. The van der Waals surface area contributed by atoms with Gasteiger partial charge < -0.3 is 14.4 Å². The highest BCUT2D eigenvalue weighted by Gasteiger charge is 2.62. The Bertz CT molecular complexity index is 1810. The van der Waals surface area contributed by atoms with Gasteiger partial charge in [0, 0.05) is 34.2 Å². The van der Waals surface area contributed by atoms with E-state index >= 15 is 0 Å². The van der Waals surface area contributed by atoms with Crippen molar-refractivity contribution in [3.05, 3.63) is 113 Å². The van der Waals surface area contributed by atoms with Crippen molar-refractivity contribution in [2.75, 3.05) is 10.7 Å². The molecule has 0 N–H and O–H groups in total. The molecule has 7 rings (SSSR count). The number of hydrogen-bond donors (Lipinski definition) is 0. The second kappa shape index (κ2) is 13.2. The molecular formula is C37H36N4O4S2. The molecule has 4 aromatic carbocycles. The Hall–Kier alpha value is -4.15. The molecule has 0 bridgehead atoms. The number of nitroso groups, excluding NO2 is 1. The maximum Gasteiger partial charge on any atom is 0.311 e. The Labute approximate surface area is 282 Å². The topological polar surface area (TPSA) is 92.9 Å². The molecule has 0 amide bonds. The van der Waals surface area contributed by atoms with Crippen LogP contribution in [-0.4, -0.2) is 17.0 Å². The van der Waals surface area contributed by atoms with Crippen molar-refractivity contribution in [1.82, 2.24) is 0 Å². The predicted molar refractivity (Wildman–Crippen MR) is 189 cm³/mol. The Morgan fingerprint density at radius 2 is 1.70 bits per heavy atom. The lowest BCUT2D eigenvalue weighted by Gasteiger charge is -2.50. The van der Waals surface area contributed by atoms with Crippen LogP contribution in [0, 0.1) is 4.91 Å². The fraction of sp³-hybridized carbons (Fsp3) is 0.324. The summed E-state index contributed by atoms with van der Waals surface area (Å²) < 4.78 is 13.0. The van der Waals surface area contributed by atoms with Gasteiger partial charge in [-0.2, -0.15) is 10.2 Å². The fourth-order valence-corrected chi connectivity index (χ4v) is 9.92. The minimum absolute atomic E-state index is 0.189. The van der Waals surface area contributed by atoms with Crippen LogP contribution >= 0.6 is 21.6 Å². The number of hydrogen-bond acceptors (Lipinski definition) is 10. The average molecular weight is 665 g/mol. The van der Waals surface area contributed by atoms with Gasteiger partial charge in [0.15, 0.2) is 0 Å². The summed E-state index contributed by atoms with van der Waals surface area (Å²) in [6.45, 7) is 4.98. The number of esters is 1. The Morgan fingerprint density at radius 1 is 0.936 bits per heavy atom. The van der Waals surface area contributed by atoms with Crippen molar-refractivity contribution in [2.45, 2.75) is 68.9 Å². The Balaban J connectivity index is 1.15. The first-order valence-electron chi connectivity index (χ1n) is 16.0. The zero-order valence-corrected chi connectivity index (χ0v) is 28.1. The van der Waals surface area contributed by atoms with Gasteiger partial charge in [-0.25, -0.2) is 0 Å². The molecule has 2 atom stereocenters. The van der Waals surface area contributed by atoms with Crippen LogP contribution in [0.1, 0.15) is 62.6 Å². The Kier molecular flexibility index (Phi) is 8.81. The number of nitrogens with zero attached hydrogens (tertiary/aromatic N) is 4. The van der Waals surface area contributed by atoms with Crippen LogP contribution in [0.3, 0.4) is 0 Å². The number of carbonyl (C=O) groups is 1. The molecule has 1 fully saturated rings. The molecular weight excluding hydrogens is 629 g/mol. The molecule has 2 unspecified atom stereocenters. The fourth-order valence-electron chi connectivity index (χ4n) is 6.89. The molecule has 8 nitrogen and oxygen atoms in total. The van der Waals surface area contributed by atoms with Gasteiger partial charge in [0.05, 0.1) is 23.3 Å². The van der Waals surface area contributed by atoms with Gasteiger partial charge in [0.2, 0.25) is 5.72 Å². The molecule has 0 spiro atoms. The lowest BCUT2D eigenvalue weighted by Crippen LogP contribution is -2.58. The van der Waals surface area contributed by atoms with Crippen molar-refractivity contribution >= 4 is 50.3 Å². The van der Waals surface area contributed by atoms with Gasteiger partial charge in [0.25, 0.3) is 0 Å². The van der Waals surface area contributed by atoms with Crippen molar-refractivity contribution in [3.63, 3.8) is 0 Å². The average Bonchev–Trinajstić information content (AvgIpc) is 3.68. The number of ether oxygens (including phenoxy) is 2. The second-order valence-corrected chi connectivity index (χ2v) is 15.4. The van der Waals surface area contributed by atoms with Gasteiger partial charge in [-0.1, -0.05) is 58.3 Å². The van der Waals surface area contributed by atoms with E-state index in [-0.39, 0.29) is 5.97 Å². The van der Waals surface area contributed by atoms with Crippen LogP contribution < -0.4 is 14.4 Å². The summed E-state index contributed by atoms with van der Waals surface area (Å²) in [5.41, 5.74) is 4.45. The van der Waals surface area contributed by atoms with E-state index in [4.69, 9.17) is 9.47 Å². The third kappa shape index (κ3) is 6.05. The Morgan fingerprint density at radius 3 is 2.47 bits per heavy atom. The molecule has 0 aromatic heterocycles. The van der Waals surface area contributed by atoms with E-state index in [2.05, 4.69) is 52.4 Å². The molecule has 0 aliphatic carbocycles. The van der Waals surface area contributed by atoms with E-state index in [9.17, 15) is 9.70 Å². The van der Waals surface area contributed by atoms with Crippen molar-refractivity contribution < 1.29 is 14.3 Å². The van der Waals surface area contributed by atoms with Gasteiger partial charge >= 0.3 is 5.97 Å². The largest absolute Gasteiger partial charge is 0.462 e. The van der Waals surface area contributed by atoms with Crippen molar-refractivity contribution in [1.29, 1.82) is 0 Å². The van der Waals surface area contributed by atoms with Gasteiger partial charge in [-0.05, 0) is 105 Å². The standard InChI is InChI=1S/C37H36N4O4S2/c1-36(2)32-23-30(44-35(42)11-7-6-10-31-20-21-46-47-31)17-18-33(32)41-24-25-22-29(39-38-27-12-14-28(40-43)15-13-27)16-19-34(25)45-37(36,41)26-8-4-3-5-9-26/h3-5,8-9,12-19,22-23,31H,6-7,10-11,20-21,24H2,1-2H3. The van der Waals surface area contributed by atoms with E-state index < -0.39 is 11.1 Å². The smallest absolute Gasteiger partial charge is 0.311 e. The summed E-state index contributed by atoms with van der Waals surface area (Å²) in [7, 11) is 3.94. The first-order valence-corrected chi connectivity index (χ1v) is 18.4. The highest BCUT2D eigenvalue weighted by atomic mass is 33.1. The molecule has 3 aliphatic heterocycles. The number of rotatable bonds is 10. The lowest BCUT2D eigenvalue weighted by molar-refractivity contribution is -0.134. The summed E-state index contributed by atoms with van der Waals surface area (Å²) in [5, 5.41) is 12.5. The number of anilines is 1. The molecule has 3 heterocycles. The summed E-state index contributed by atoms with van der Waals surface area (Å²) in [6.07, 6.45) is 4.75. The summed E-state index contributed by atoms with van der Waals surface area (Å²) in [6, 6.07) is 28.8. The number of carbonyl (C=O) groups excluding carboxylic acids is 1. The number of fused-ring (bicyclic) bond motifs is 4. The lowest BCUT2D eigenvalue weighted by atomic mass is 9.73. The van der Waals surface area contributed by atoms with E-state index in [1.807, 2.05) is 70.1 Å². The first kappa shape index (κ1) is 31.4. The molecule has 0 saturated carbocycles. The number of azo groups is 1. The normalized spacial score (nSPS) is 20.7. The predicted octanol–water partition coefficient (Wildman–Crippen LogP) is 10.7. The molecule has 10 heteroatoms. The van der Waals surface area contributed by atoms with E-state index in [1.54, 1.807) is 24.3 Å². The minimum atomic E-state index is -0.833. The molecule has 1 saturated heterocycles. The van der Waals surface area contributed by atoms with Crippen molar-refractivity contribution in [2.24, 2.45) is 15.4 Å². The molecule has 0 radical (unpaired) electrons. The highest BCUT2D eigenvalue weighted by Crippen LogP contribution is 2.60. The zero-order chi connectivity index (χ0) is 32.4. The molecule has 240 valence electrons. The van der Waals surface area contributed by atoms with Crippen LogP contribution in [0.4, 0.5) is 22.7 Å². The quantitative estimate of drug-likeness (QED) is 0.0416. The van der Waals surface area contributed by atoms with Crippen LogP contribution in [-0.2, 0) is 22.5 Å². The molecule has 47 heavy (non-hydrogen) atoms. The van der Waals surface area contributed by atoms with Crippen molar-refractivity contribution in [3.8, 4) is 11.5 Å². The van der Waals surface area contributed by atoms with Crippen LogP contribution in [0.5, 0.6) is 11.5 Å². The van der Waals surface area contributed by atoms with Gasteiger partial charge in [-0.3, -0.25) is 4.79 Å². The monoisotopic (exact) mass is 664 g/mol. The zero-order valence-electron chi connectivity index (χ0n) is 26.4. The third-order valence-corrected chi connectivity index (χ3v) is 12.3. The van der Waals surface area contributed by atoms with Gasteiger partial charge in [-0.15, -0.1) is 4.91 Å². The number of benzene rings is 4. The van der Waals surface area contributed by atoms with E-state index in [0.717, 1.165) is 52.6 Å². The summed E-state index contributed by atoms with van der Waals surface area (Å²) in [5.74, 6) is 2.39. The van der Waals surface area contributed by atoms with Crippen LogP contribution in [0.25, 0.3) is 0 Å². The van der Waals surface area contributed by atoms with Crippen LogP contribution in [0.2, 0.25) is 0 Å². The second-order valence-electron chi connectivity index (χ2n) is 12.7. The minimum Gasteiger partial charge on any atom is -0.462 e. The first-order chi connectivity index (χ1) is 22.9. The van der Waals surface area contributed by atoms with E-state index in [0.29, 0.717) is 35.8 Å². The third-order valence-electron chi connectivity index (χ3n) is 9.31. The number of unbranched alkanes of at least 4 members (excludes halogenated alkanes) is 1. The molecule has 4 aromatic rings. The maximum atomic E-state index is 12.9. The SMILES string of the molecule is CC1(C)c2cc(OC(=O)CCCCC3CCSS3)ccc2N2Cc3cc(N=Nc4ccc(N=O)cc4)ccc3OC21c1ccccc1.